The number of rotatable bonds is 4. The minimum atomic E-state index is -3.28. The fourth-order valence-electron chi connectivity index (χ4n) is 2.04. The minimum absolute atomic E-state index is 0.178. The fourth-order valence-corrected chi connectivity index (χ4v) is 3.14. The van der Waals surface area contributed by atoms with Gasteiger partial charge in [0, 0.05) is 35.5 Å². The second-order valence-electron chi connectivity index (χ2n) is 5.19. The number of sulfone groups is 1. The molecule has 23 heavy (non-hydrogen) atoms. The summed E-state index contributed by atoms with van der Waals surface area (Å²) in [5.41, 5.74) is 1.18. The molecule has 2 rings (SSSR count). The highest BCUT2D eigenvalue weighted by atomic mass is 35.5. The Morgan fingerprint density at radius 2 is 1.70 bits per heavy atom. The van der Waals surface area contributed by atoms with E-state index in [9.17, 15) is 13.2 Å². The maximum atomic E-state index is 12.4. The highest BCUT2D eigenvalue weighted by Gasteiger charge is 2.15. The topological polar surface area (TPSA) is 54.5 Å². The van der Waals surface area contributed by atoms with Crippen molar-refractivity contribution in [3.8, 4) is 0 Å². The maximum absolute atomic E-state index is 12.4. The first-order valence-electron chi connectivity index (χ1n) is 6.68. The summed E-state index contributed by atoms with van der Waals surface area (Å²) in [6.45, 7) is 0.322. The van der Waals surface area contributed by atoms with E-state index in [0.29, 0.717) is 22.2 Å². The number of hydrogen-bond acceptors (Lipinski definition) is 3. The Morgan fingerprint density at radius 1 is 1.09 bits per heavy atom. The van der Waals surface area contributed by atoms with E-state index in [4.69, 9.17) is 23.2 Å². The van der Waals surface area contributed by atoms with E-state index < -0.39 is 9.84 Å². The summed E-state index contributed by atoms with van der Waals surface area (Å²) in [4.78, 5) is 14.1. The molecule has 0 radical (unpaired) electrons. The van der Waals surface area contributed by atoms with Crippen molar-refractivity contribution in [2.75, 3.05) is 13.3 Å². The lowest BCUT2D eigenvalue weighted by Crippen LogP contribution is -2.26. The summed E-state index contributed by atoms with van der Waals surface area (Å²) in [6.07, 6.45) is 1.12. The highest BCUT2D eigenvalue weighted by molar-refractivity contribution is 7.90. The van der Waals surface area contributed by atoms with E-state index in [1.165, 1.54) is 29.2 Å². The Hall–Kier alpha value is -1.56. The molecule has 0 aromatic heterocycles. The predicted octanol–water partition coefficient (Wildman–Crippen LogP) is 3.67. The zero-order valence-corrected chi connectivity index (χ0v) is 14.9. The molecule has 0 aliphatic heterocycles. The van der Waals surface area contributed by atoms with Gasteiger partial charge in [0.25, 0.3) is 5.91 Å². The van der Waals surface area contributed by atoms with Crippen LogP contribution in [-0.4, -0.2) is 32.5 Å². The van der Waals surface area contributed by atoms with Crippen LogP contribution >= 0.6 is 23.2 Å². The van der Waals surface area contributed by atoms with Crippen molar-refractivity contribution in [2.24, 2.45) is 0 Å². The second kappa shape index (κ2) is 6.91. The minimum Gasteiger partial charge on any atom is -0.337 e. The molecule has 0 atom stereocenters. The van der Waals surface area contributed by atoms with Gasteiger partial charge >= 0.3 is 0 Å². The number of carbonyl (C=O) groups is 1. The van der Waals surface area contributed by atoms with Crippen molar-refractivity contribution in [2.45, 2.75) is 11.4 Å². The Kier molecular flexibility index (Phi) is 5.34. The Labute approximate surface area is 145 Å². The highest BCUT2D eigenvalue weighted by Crippen LogP contribution is 2.22. The van der Waals surface area contributed by atoms with Crippen LogP contribution in [0.4, 0.5) is 0 Å². The largest absolute Gasteiger partial charge is 0.337 e. The van der Waals surface area contributed by atoms with E-state index in [0.717, 1.165) is 11.8 Å². The molecule has 0 saturated heterocycles. The number of carbonyl (C=O) groups excluding carboxylic acids is 1. The molecular formula is C16H15Cl2NO3S. The SMILES string of the molecule is CN(Cc1ccc(Cl)cc1Cl)C(=O)c1ccc(S(C)(=O)=O)cc1. The van der Waals surface area contributed by atoms with Gasteiger partial charge < -0.3 is 4.90 Å². The van der Waals surface area contributed by atoms with Gasteiger partial charge in [-0.3, -0.25) is 4.79 Å². The van der Waals surface area contributed by atoms with Crippen LogP contribution in [0.2, 0.25) is 10.0 Å². The lowest BCUT2D eigenvalue weighted by Gasteiger charge is -2.18. The Bertz CT molecular complexity index is 833. The summed E-state index contributed by atoms with van der Waals surface area (Å²) in [5, 5.41) is 1.02. The number of amides is 1. The fraction of sp³-hybridized carbons (Fsp3) is 0.188. The Morgan fingerprint density at radius 3 is 2.22 bits per heavy atom. The molecule has 2 aromatic carbocycles. The average molecular weight is 372 g/mol. The van der Waals surface area contributed by atoms with Gasteiger partial charge in [-0.2, -0.15) is 0 Å². The number of benzene rings is 2. The van der Waals surface area contributed by atoms with Crippen molar-refractivity contribution < 1.29 is 13.2 Å². The molecule has 122 valence electrons. The van der Waals surface area contributed by atoms with Gasteiger partial charge in [0.05, 0.1) is 4.90 Å². The van der Waals surface area contributed by atoms with E-state index in [-0.39, 0.29) is 10.8 Å². The molecule has 0 bridgehead atoms. The first kappa shape index (κ1) is 17.8. The van der Waals surface area contributed by atoms with Crippen LogP contribution in [0.5, 0.6) is 0 Å². The van der Waals surface area contributed by atoms with Crippen molar-refractivity contribution in [1.82, 2.24) is 4.90 Å². The molecule has 0 spiro atoms. The molecule has 1 amide bonds. The summed E-state index contributed by atoms with van der Waals surface area (Å²) < 4.78 is 22.9. The van der Waals surface area contributed by atoms with Crippen LogP contribution < -0.4 is 0 Å². The standard InChI is InChI=1S/C16H15Cl2NO3S/c1-19(10-12-3-6-13(17)9-15(12)18)16(20)11-4-7-14(8-5-11)23(2,21)22/h3-9H,10H2,1-2H3. The van der Waals surface area contributed by atoms with Crippen LogP contribution in [0.3, 0.4) is 0 Å². The van der Waals surface area contributed by atoms with Crippen LogP contribution in [0.25, 0.3) is 0 Å². The third kappa shape index (κ3) is 4.47. The van der Waals surface area contributed by atoms with Gasteiger partial charge in [0.2, 0.25) is 0 Å². The van der Waals surface area contributed by atoms with Crippen LogP contribution in [0.15, 0.2) is 47.4 Å². The van der Waals surface area contributed by atoms with Crippen LogP contribution in [0, 0.1) is 0 Å². The summed E-state index contributed by atoms with van der Waals surface area (Å²) >= 11 is 12.0. The lowest BCUT2D eigenvalue weighted by atomic mass is 10.1. The molecule has 0 aliphatic carbocycles. The van der Waals surface area contributed by atoms with Gasteiger partial charge in [-0.1, -0.05) is 29.3 Å². The lowest BCUT2D eigenvalue weighted by molar-refractivity contribution is 0.0785. The van der Waals surface area contributed by atoms with Gasteiger partial charge in [-0.05, 0) is 42.0 Å². The van der Waals surface area contributed by atoms with Crippen molar-refractivity contribution in [3.05, 3.63) is 63.6 Å². The first-order chi connectivity index (χ1) is 10.7. The number of nitrogens with zero attached hydrogens (tertiary/aromatic N) is 1. The summed E-state index contributed by atoms with van der Waals surface area (Å²) in [6, 6.07) is 10.9. The molecule has 4 nitrogen and oxygen atoms in total. The summed E-state index contributed by atoms with van der Waals surface area (Å²) in [7, 11) is -1.63. The van der Waals surface area contributed by atoms with Crippen molar-refractivity contribution in [1.29, 1.82) is 0 Å². The zero-order chi connectivity index (χ0) is 17.2. The van der Waals surface area contributed by atoms with Gasteiger partial charge in [-0.25, -0.2) is 8.42 Å². The zero-order valence-electron chi connectivity index (χ0n) is 12.6. The summed E-state index contributed by atoms with van der Waals surface area (Å²) in [5.74, 6) is -0.226. The quantitative estimate of drug-likeness (QED) is 0.823. The third-order valence-corrected chi connectivity index (χ3v) is 5.01. The van der Waals surface area contributed by atoms with Gasteiger partial charge in [-0.15, -0.1) is 0 Å². The van der Waals surface area contributed by atoms with E-state index in [2.05, 4.69) is 0 Å². The van der Waals surface area contributed by atoms with Gasteiger partial charge in [0.1, 0.15) is 0 Å². The van der Waals surface area contributed by atoms with Crippen LogP contribution in [-0.2, 0) is 16.4 Å². The van der Waals surface area contributed by atoms with Crippen LogP contribution in [0.1, 0.15) is 15.9 Å². The normalized spacial score (nSPS) is 11.3. The maximum Gasteiger partial charge on any atom is 0.253 e. The van der Waals surface area contributed by atoms with Crippen molar-refractivity contribution >= 4 is 38.9 Å². The monoisotopic (exact) mass is 371 g/mol. The first-order valence-corrected chi connectivity index (χ1v) is 9.33. The molecule has 0 unspecified atom stereocenters. The molecule has 0 saturated carbocycles. The molecule has 2 aromatic rings. The Balaban J connectivity index is 2.16. The molecule has 7 heteroatoms. The van der Waals surface area contributed by atoms with E-state index in [1.807, 2.05) is 0 Å². The van der Waals surface area contributed by atoms with E-state index in [1.54, 1.807) is 25.2 Å². The predicted molar refractivity (Wildman–Crippen MR) is 91.8 cm³/mol. The molecule has 0 N–H and O–H groups in total. The average Bonchev–Trinajstić information content (AvgIpc) is 2.48. The molecule has 0 aliphatic rings. The number of halogens is 2. The molecular weight excluding hydrogens is 357 g/mol. The van der Waals surface area contributed by atoms with Crippen molar-refractivity contribution in [3.63, 3.8) is 0 Å². The molecule has 0 fully saturated rings. The van der Waals surface area contributed by atoms with E-state index >= 15 is 0 Å². The second-order valence-corrected chi connectivity index (χ2v) is 8.05. The smallest absolute Gasteiger partial charge is 0.253 e. The van der Waals surface area contributed by atoms with Gasteiger partial charge in [0.15, 0.2) is 9.84 Å². The third-order valence-electron chi connectivity index (χ3n) is 3.30. The molecule has 0 heterocycles. The number of hydrogen-bond donors (Lipinski definition) is 0.